The number of hydrogen-bond acceptors (Lipinski definition) is 4. The van der Waals surface area contributed by atoms with Crippen molar-refractivity contribution in [2.75, 3.05) is 12.4 Å². The molecule has 2 aliphatic carbocycles. The molecule has 0 radical (unpaired) electrons. The minimum absolute atomic E-state index is 0.0121. The Morgan fingerprint density at radius 3 is 2.63 bits per heavy atom. The van der Waals surface area contributed by atoms with Gasteiger partial charge in [0.1, 0.15) is 5.00 Å². The van der Waals surface area contributed by atoms with Crippen LogP contribution >= 0.6 is 11.3 Å². The second-order valence-electron chi connectivity index (χ2n) is 9.33. The lowest BCUT2D eigenvalue weighted by molar-refractivity contribution is -0.117. The summed E-state index contributed by atoms with van der Waals surface area (Å²) in [4.78, 5) is 26.8. The summed E-state index contributed by atoms with van der Waals surface area (Å²) in [5.74, 6) is 0.513. The van der Waals surface area contributed by atoms with Gasteiger partial charge in [-0.2, -0.15) is 0 Å². The van der Waals surface area contributed by atoms with Gasteiger partial charge in [-0.25, -0.2) is 4.79 Å². The first-order valence-corrected chi connectivity index (χ1v) is 11.8. The fourth-order valence-electron chi connectivity index (χ4n) is 4.71. The second-order valence-corrected chi connectivity index (χ2v) is 10.4. The molecule has 30 heavy (non-hydrogen) atoms. The maximum Gasteiger partial charge on any atom is 0.341 e. The van der Waals surface area contributed by atoms with Crippen LogP contribution in [0.2, 0.25) is 0 Å². The van der Waals surface area contributed by atoms with Crippen LogP contribution in [0.4, 0.5) is 5.00 Å². The lowest BCUT2D eigenvalue weighted by Gasteiger charge is -2.36. The Kier molecular flexibility index (Phi) is 5.75. The third-order valence-electron chi connectivity index (χ3n) is 7.26. The molecular weight excluding hydrogens is 394 g/mol. The number of rotatable bonds is 6. The number of nitrogens with one attached hydrogen (secondary N) is 1. The highest BCUT2D eigenvalue weighted by atomic mass is 32.1. The van der Waals surface area contributed by atoms with E-state index in [1.165, 1.54) is 17.6 Å². The van der Waals surface area contributed by atoms with E-state index in [4.69, 9.17) is 4.74 Å². The Morgan fingerprint density at radius 1 is 1.23 bits per heavy atom. The van der Waals surface area contributed by atoms with Gasteiger partial charge in [0.2, 0.25) is 5.91 Å². The van der Waals surface area contributed by atoms with E-state index in [0.717, 1.165) is 37.7 Å². The molecule has 3 atom stereocenters. The topological polar surface area (TPSA) is 55.4 Å². The number of esters is 1. The largest absolute Gasteiger partial charge is 0.465 e. The number of anilines is 1. The van der Waals surface area contributed by atoms with Gasteiger partial charge in [0.05, 0.1) is 12.7 Å². The van der Waals surface area contributed by atoms with Crippen molar-refractivity contribution in [1.29, 1.82) is 0 Å². The fourth-order valence-corrected chi connectivity index (χ4v) is 6.02. The highest BCUT2D eigenvalue weighted by molar-refractivity contribution is 7.17. The van der Waals surface area contributed by atoms with Gasteiger partial charge < -0.3 is 10.1 Å². The van der Waals surface area contributed by atoms with E-state index < -0.39 is 0 Å². The summed E-state index contributed by atoms with van der Waals surface area (Å²) in [5, 5.41) is 3.76. The minimum Gasteiger partial charge on any atom is -0.465 e. The van der Waals surface area contributed by atoms with Gasteiger partial charge in [-0.3, -0.25) is 4.79 Å². The molecule has 1 amide bonds. The molecular formula is C25H31NO3S. The quantitative estimate of drug-likeness (QED) is 0.594. The van der Waals surface area contributed by atoms with Crippen LogP contribution in [-0.4, -0.2) is 19.0 Å². The van der Waals surface area contributed by atoms with Crippen LogP contribution in [0.3, 0.4) is 0 Å². The molecule has 4 nitrogen and oxygen atoms in total. The fraction of sp³-hybridized carbons (Fsp3) is 0.520. The van der Waals surface area contributed by atoms with Crippen molar-refractivity contribution in [3.63, 3.8) is 0 Å². The lowest BCUT2D eigenvalue weighted by Crippen LogP contribution is -2.28. The average molecular weight is 426 g/mol. The summed E-state index contributed by atoms with van der Waals surface area (Å²) in [7, 11) is 1.41. The molecule has 4 rings (SSSR count). The highest BCUT2D eigenvalue weighted by Crippen LogP contribution is 2.49. The van der Waals surface area contributed by atoms with Crippen LogP contribution in [0.5, 0.6) is 0 Å². The number of thiophene rings is 1. The first kappa shape index (κ1) is 21.1. The molecule has 1 saturated carbocycles. The zero-order valence-corrected chi connectivity index (χ0v) is 19.1. The van der Waals surface area contributed by atoms with Crippen LogP contribution in [0, 0.1) is 17.3 Å². The maximum absolute atomic E-state index is 12.9. The van der Waals surface area contributed by atoms with Crippen molar-refractivity contribution in [2.24, 2.45) is 17.3 Å². The van der Waals surface area contributed by atoms with Gasteiger partial charge in [0.15, 0.2) is 0 Å². The van der Waals surface area contributed by atoms with E-state index >= 15 is 0 Å². The molecule has 160 valence electrons. The molecule has 0 aliphatic heterocycles. The Bertz CT molecular complexity index is 947. The molecule has 1 heterocycles. The highest BCUT2D eigenvalue weighted by Gasteiger charge is 2.44. The van der Waals surface area contributed by atoms with Crippen molar-refractivity contribution in [1.82, 2.24) is 0 Å². The molecule has 0 unspecified atom stereocenters. The monoisotopic (exact) mass is 425 g/mol. The molecule has 2 aliphatic rings. The maximum atomic E-state index is 12.9. The molecule has 1 N–H and O–H groups in total. The SMILES string of the molecule is CCC(C)(C)[C@@H]1CCc2c(sc(NC(=O)[C@@H]3C[C@@H]3c3ccccc3)c2C(=O)OC)C1. The Morgan fingerprint density at radius 2 is 1.97 bits per heavy atom. The third-order valence-corrected chi connectivity index (χ3v) is 8.43. The van der Waals surface area contributed by atoms with Crippen molar-refractivity contribution in [2.45, 2.75) is 58.8 Å². The summed E-state index contributed by atoms with van der Waals surface area (Å²) in [6, 6.07) is 10.2. The summed E-state index contributed by atoms with van der Waals surface area (Å²) >= 11 is 1.57. The van der Waals surface area contributed by atoms with Crippen LogP contribution < -0.4 is 5.32 Å². The standard InChI is InChI=1S/C25H31NO3S/c1-5-25(2,3)16-11-12-17-20(13-16)30-23(21(17)24(28)29-4)26-22(27)19-14-18(19)15-9-7-6-8-10-15/h6-10,16,18-19H,5,11-14H2,1-4H3,(H,26,27)/t16-,18-,19-/m1/s1. The van der Waals surface area contributed by atoms with Gasteiger partial charge in [-0.05, 0) is 54.1 Å². The third kappa shape index (κ3) is 3.92. The zero-order valence-electron chi connectivity index (χ0n) is 18.3. The molecule has 1 fully saturated rings. The molecule has 0 bridgehead atoms. The van der Waals surface area contributed by atoms with Crippen LogP contribution in [-0.2, 0) is 22.4 Å². The van der Waals surface area contributed by atoms with E-state index in [9.17, 15) is 9.59 Å². The predicted octanol–water partition coefficient (Wildman–Crippen LogP) is 5.82. The van der Waals surface area contributed by atoms with Crippen LogP contribution in [0.15, 0.2) is 30.3 Å². The smallest absolute Gasteiger partial charge is 0.341 e. The average Bonchev–Trinajstić information content (AvgIpc) is 3.49. The first-order valence-electron chi connectivity index (χ1n) is 10.9. The van der Waals surface area contributed by atoms with Gasteiger partial charge in [0, 0.05) is 10.8 Å². The number of benzene rings is 1. The van der Waals surface area contributed by atoms with Crippen molar-refractivity contribution >= 4 is 28.2 Å². The zero-order chi connectivity index (χ0) is 21.5. The van der Waals surface area contributed by atoms with Gasteiger partial charge in [-0.15, -0.1) is 11.3 Å². The van der Waals surface area contributed by atoms with E-state index in [1.807, 2.05) is 18.2 Å². The van der Waals surface area contributed by atoms with Crippen LogP contribution in [0.1, 0.15) is 72.3 Å². The van der Waals surface area contributed by atoms with Crippen LogP contribution in [0.25, 0.3) is 0 Å². The number of amides is 1. The summed E-state index contributed by atoms with van der Waals surface area (Å²) < 4.78 is 5.08. The predicted molar refractivity (Wildman–Crippen MR) is 121 cm³/mol. The van der Waals surface area contributed by atoms with E-state index in [0.29, 0.717) is 16.5 Å². The number of hydrogen-bond donors (Lipinski definition) is 1. The summed E-state index contributed by atoms with van der Waals surface area (Å²) in [5.41, 5.74) is 3.14. The lowest BCUT2D eigenvalue weighted by atomic mass is 9.69. The molecule has 0 saturated heterocycles. The molecule has 1 aromatic carbocycles. The number of methoxy groups -OCH3 is 1. The molecule has 0 spiro atoms. The summed E-state index contributed by atoms with van der Waals surface area (Å²) in [6.07, 6.45) is 4.91. The normalized spacial score (nSPS) is 22.9. The van der Waals surface area contributed by atoms with Gasteiger partial charge in [-0.1, -0.05) is 57.5 Å². The Balaban J connectivity index is 1.55. The van der Waals surface area contributed by atoms with Gasteiger partial charge >= 0.3 is 5.97 Å². The number of ether oxygens (including phenoxy) is 1. The first-order chi connectivity index (χ1) is 14.4. The Hall–Kier alpha value is -2.14. The number of carbonyl (C=O) groups is 2. The van der Waals surface area contributed by atoms with E-state index in [2.05, 4.69) is 38.2 Å². The van der Waals surface area contributed by atoms with Crippen molar-refractivity contribution < 1.29 is 14.3 Å². The van der Waals surface area contributed by atoms with Gasteiger partial charge in [0.25, 0.3) is 0 Å². The second kappa shape index (κ2) is 8.18. The number of fused-ring (bicyclic) bond motifs is 1. The molecule has 1 aromatic heterocycles. The minimum atomic E-state index is -0.341. The molecule has 2 aromatic rings. The molecule has 5 heteroatoms. The summed E-state index contributed by atoms with van der Waals surface area (Å²) in [6.45, 7) is 6.90. The van der Waals surface area contributed by atoms with Crippen molar-refractivity contribution in [3.05, 3.63) is 51.9 Å². The van der Waals surface area contributed by atoms with E-state index in [-0.39, 0.29) is 29.1 Å². The van der Waals surface area contributed by atoms with Crippen molar-refractivity contribution in [3.8, 4) is 0 Å². The van der Waals surface area contributed by atoms with E-state index in [1.54, 1.807) is 11.3 Å². The Labute approximate surface area is 183 Å². The number of carbonyl (C=O) groups excluding carboxylic acids is 2.